The molecule has 1 unspecified atom stereocenters. The third-order valence-electron chi connectivity index (χ3n) is 2.77. The average molecular weight is 322 g/mol. The third-order valence-corrected chi connectivity index (χ3v) is 2.77. The summed E-state index contributed by atoms with van der Waals surface area (Å²) < 4.78 is 36.9. The minimum absolute atomic E-state index is 0.318. The van der Waals surface area contributed by atoms with E-state index in [-0.39, 0.29) is 0 Å². The smallest absolute Gasteiger partial charge is 0.104 e. The van der Waals surface area contributed by atoms with Gasteiger partial charge in [-0.1, -0.05) is 0 Å². The summed E-state index contributed by atoms with van der Waals surface area (Å²) in [6.07, 6.45) is 0.318. The van der Waals surface area contributed by atoms with E-state index in [1.54, 1.807) is 0 Å². The molecule has 0 aliphatic carbocycles. The lowest BCUT2D eigenvalue weighted by Crippen LogP contribution is -2.14. The number of rotatable bonds is 18. The number of ether oxygens (including phenoxy) is 7. The second-order valence-corrected chi connectivity index (χ2v) is 4.68. The van der Waals surface area contributed by atoms with Crippen LogP contribution in [0.2, 0.25) is 0 Å². The van der Waals surface area contributed by atoms with Gasteiger partial charge in [0.05, 0.1) is 79.3 Å². The van der Waals surface area contributed by atoms with Crippen LogP contribution in [0.25, 0.3) is 0 Å². The van der Waals surface area contributed by atoms with Crippen molar-refractivity contribution in [2.45, 2.75) is 13.0 Å². The Morgan fingerprint density at radius 2 is 1.00 bits per heavy atom. The average Bonchev–Trinajstić information content (AvgIpc) is 3.34. The van der Waals surface area contributed by atoms with Crippen LogP contribution >= 0.6 is 0 Å². The quantitative estimate of drug-likeness (QED) is 0.269. The van der Waals surface area contributed by atoms with Gasteiger partial charge in [0.2, 0.25) is 0 Å². The van der Waals surface area contributed by atoms with E-state index >= 15 is 0 Å². The highest BCUT2D eigenvalue weighted by Crippen LogP contribution is 2.07. The van der Waals surface area contributed by atoms with Crippen LogP contribution in [-0.4, -0.2) is 92.0 Å². The van der Waals surface area contributed by atoms with E-state index in [1.807, 2.05) is 6.92 Å². The van der Waals surface area contributed by atoms with Crippen LogP contribution in [0.15, 0.2) is 0 Å². The molecule has 0 saturated carbocycles. The molecule has 1 fully saturated rings. The topological polar surface area (TPSA) is 67.9 Å². The van der Waals surface area contributed by atoms with E-state index < -0.39 is 0 Å². The van der Waals surface area contributed by atoms with Crippen molar-refractivity contribution in [3.63, 3.8) is 0 Å². The first-order valence-corrected chi connectivity index (χ1v) is 8.01. The number of epoxide rings is 1. The predicted molar refractivity (Wildman–Crippen MR) is 80.3 cm³/mol. The second kappa shape index (κ2) is 15.6. The molecule has 1 aliphatic rings. The van der Waals surface area contributed by atoms with E-state index in [0.717, 1.165) is 13.2 Å². The number of hydrogen-bond acceptors (Lipinski definition) is 7. The molecule has 7 heteroatoms. The molecule has 0 bridgehead atoms. The van der Waals surface area contributed by atoms with Gasteiger partial charge >= 0.3 is 0 Å². The fourth-order valence-corrected chi connectivity index (χ4v) is 1.52. The summed E-state index contributed by atoms with van der Waals surface area (Å²) in [7, 11) is 0. The summed E-state index contributed by atoms with van der Waals surface area (Å²) in [5, 5.41) is 0. The van der Waals surface area contributed by atoms with Gasteiger partial charge in [0.15, 0.2) is 0 Å². The molecule has 1 saturated heterocycles. The molecule has 0 spiro atoms. The molecule has 1 atom stereocenters. The predicted octanol–water partition coefficient (Wildman–Crippen LogP) is 0.505. The normalized spacial score (nSPS) is 17.0. The van der Waals surface area contributed by atoms with Crippen LogP contribution in [0.3, 0.4) is 0 Å². The lowest BCUT2D eigenvalue weighted by Gasteiger charge is -2.07. The fourth-order valence-electron chi connectivity index (χ4n) is 1.52. The van der Waals surface area contributed by atoms with E-state index in [4.69, 9.17) is 33.2 Å². The molecule has 22 heavy (non-hydrogen) atoms. The van der Waals surface area contributed by atoms with E-state index in [2.05, 4.69) is 0 Å². The van der Waals surface area contributed by atoms with Gasteiger partial charge in [0.25, 0.3) is 0 Å². The maximum absolute atomic E-state index is 5.38. The van der Waals surface area contributed by atoms with Gasteiger partial charge in [-0.2, -0.15) is 0 Å². The zero-order valence-electron chi connectivity index (χ0n) is 13.6. The van der Waals surface area contributed by atoms with Gasteiger partial charge in [0, 0.05) is 6.61 Å². The van der Waals surface area contributed by atoms with Gasteiger partial charge in [-0.05, 0) is 6.92 Å². The first-order valence-electron chi connectivity index (χ1n) is 8.01. The second-order valence-electron chi connectivity index (χ2n) is 4.68. The van der Waals surface area contributed by atoms with Crippen molar-refractivity contribution in [2.24, 2.45) is 0 Å². The summed E-state index contributed by atoms with van der Waals surface area (Å²) in [6, 6.07) is 0. The Kier molecular flexibility index (Phi) is 14.0. The Morgan fingerprint density at radius 3 is 1.36 bits per heavy atom. The largest absolute Gasteiger partial charge is 0.379 e. The van der Waals surface area contributed by atoms with Crippen LogP contribution < -0.4 is 0 Å². The highest BCUT2D eigenvalue weighted by molar-refractivity contribution is 4.66. The summed E-state index contributed by atoms with van der Waals surface area (Å²) in [5.41, 5.74) is 0. The minimum atomic E-state index is 0.318. The Hall–Kier alpha value is -0.280. The van der Waals surface area contributed by atoms with Crippen LogP contribution in [-0.2, 0) is 33.2 Å². The zero-order chi connectivity index (χ0) is 15.7. The Bertz CT molecular complexity index is 224. The molecular weight excluding hydrogens is 292 g/mol. The Morgan fingerprint density at radius 1 is 0.636 bits per heavy atom. The van der Waals surface area contributed by atoms with Crippen molar-refractivity contribution in [1.29, 1.82) is 0 Å². The van der Waals surface area contributed by atoms with Gasteiger partial charge in [-0.25, -0.2) is 0 Å². The van der Waals surface area contributed by atoms with E-state index in [1.165, 1.54) is 0 Å². The number of hydrogen-bond donors (Lipinski definition) is 0. The molecular formula is C15H30O7. The Balaban J connectivity index is 1.59. The van der Waals surface area contributed by atoms with E-state index in [9.17, 15) is 0 Å². The summed E-state index contributed by atoms with van der Waals surface area (Å²) >= 11 is 0. The lowest BCUT2D eigenvalue weighted by atomic mass is 10.5. The van der Waals surface area contributed by atoms with Crippen molar-refractivity contribution in [2.75, 3.05) is 85.9 Å². The molecule has 1 heterocycles. The van der Waals surface area contributed by atoms with Crippen molar-refractivity contribution in [1.82, 2.24) is 0 Å². The summed E-state index contributed by atoms with van der Waals surface area (Å²) in [4.78, 5) is 0. The molecule has 1 rings (SSSR count). The Labute approximate surface area is 133 Å². The summed E-state index contributed by atoms with van der Waals surface area (Å²) in [6.45, 7) is 10.1. The van der Waals surface area contributed by atoms with E-state index in [0.29, 0.717) is 78.8 Å². The highest BCUT2D eigenvalue weighted by atomic mass is 16.6. The molecule has 0 aromatic rings. The molecule has 0 radical (unpaired) electrons. The van der Waals surface area contributed by atoms with Crippen LogP contribution in [0.1, 0.15) is 6.92 Å². The molecule has 1 aliphatic heterocycles. The minimum Gasteiger partial charge on any atom is -0.379 e. The van der Waals surface area contributed by atoms with Gasteiger partial charge in [-0.3, -0.25) is 0 Å². The third kappa shape index (κ3) is 14.6. The van der Waals surface area contributed by atoms with Crippen molar-refractivity contribution in [3.05, 3.63) is 0 Å². The summed E-state index contributed by atoms with van der Waals surface area (Å²) in [5.74, 6) is 0. The van der Waals surface area contributed by atoms with Gasteiger partial charge in [0.1, 0.15) is 6.10 Å². The first-order chi connectivity index (χ1) is 10.9. The van der Waals surface area contributed by atoms with Crippen molar-refractivity contribution in [3.8, 4) is 0 Å². The molecule has 7 nitrogen and oxygen atoms in total. The maximum atomic E-state index is 5.38. The van der Waals surface area contributed by atoms with Crippen molar-refractivity contribution < 1.29 is 33.2 Å². The highest BCUT2D eigenvalue weighted by Gasteiger charge is 2.21. The van der Waals surface area contributed by atoms with Crippen LogP contribution in [0.4, 0.5) is 0 Å². The van der Waals surface area contributed by atoms with Crippen molar-refractivity contribution >= 4 is 0 Å². The first kappa shape index (κ1) is 19.8. The SMILES string of the molecule is CCOCCOCCOCCOCCOCCOCC1CO1. The maximum Gasteiger partial charge on any atom is 0.104 e. The standard InChI is InChI=1S/C15H30O7/c1-2-16-3-4-17-5-6-18-7-8-19-9-10-20-11-12-21-13-15-14-22-15/h15H,2-14H2,1H3. The fraction of sp³-hybridized carbons (Fsp3) is 1.00. The molecule has 0 aromatic carbocycles. The van der Waals surface area contributed by atoms with Gasteiger partial charge < -0.3 is 33.2 Å². The molecule has 0 N–H and O–H groups in total. The van der Waals surface area contributed by atoms with Crippen LogP contribution in [0, 0.1) is 0 Å². The molecule has 132 valence electrons. The lowest BCUT2D eigenvalue weighted by molar-refractivity contribution is -0.0167. The van der Waals surface area contributed by atoms with Crippen LogP contribution in [0.5, 0.6) is 0 Å². The monoisotopic (exact) mass is 322 g/mol. The molecule has 0 amide bonds. The van der Waals surface area contributed by atoms with Gasteiger partial charge in [-0.15, -0.1) is 0 Å². The zero-order valence-corrected chi connectivity index (χ0v) is 13.6. The molecule has 0 aromatic heterocycles.